The summed E-state index contributed by atoms with van der Waals surface area (Å²) in [6, 6.07) is 0.285. The molecule has 1 aromatic rings. The molecule has 0 aliphatic carbocycles. The molecule has 0 radical (unpaired) electrons. The molecule has 0 saturated carbocycles. The number of rotatable bonds is 6. The van der Waals surface area contributed by atoms with Crippen LogP contribution in [0.15, 0.2) is 6.20 Å². The molecule has 1 aromatic heterocycles. The minimum atomic E-state index is -0.592. The lowest BCUT2D eigenvalue weighted by Crippen LogP contribution is -2.57. The van der Waals surface area contributed by atoms with Crippen molar-refractivity contribution >= 4 is 5.91 Å². The van der Waals surface area contributed by atoms with E-state index in [1.807, 2.05) is 10.9 Å². The van der Waals surface area contributed by atoms with Crippen molar-refractivity contribution in [3.8, 4) is 0 Å². The molecular formula is C14H25N5O2. The summed E-state index contributed by atoms with van der Waals surface area (Å²) in [6.45, 7) is 6.00. The largest absolute Gasteiger partial charge is 0.382 e. The molecule has 1 N–H and O–H groups in total. The van der Waals surface area contributed by atoms with E-state index in [0.29, 0.717) is 13.2 Å². The molecule has 1 unspecified atom stereocenters. The highest BCUT2D eigenvalue weighted by Crippen LogP contribution is 2.31. The fourth-order valence-electron chi connectivity index (χ4n) is 2.96. The summed E-state index contributed by atoms with van der Waals surface area (Å²) in [7, 11) is 3.31. The number of nitrogens with zero attached hydrogens (tertiary/aromatic N) is 4. The van der Waals surface area contributed by atoms with E-state index in [1.54, 1.807) is 14.2 Å². The molecule has 7 heteroatoms. The molecule has 1 atom stereocenters. The van der Waals surface area contributed by atoms with Crippen LogP contribution in [-0.2, 0) is 16.1 Å². The van der Waals surface area contributed by atoms with Gasteiger partial charge in [-0.15, -0.1) is 5.10 Å². The van der Waals surface area contributed by atoms with Crippen molar-refractivity contribution < 1.29 is 9.53 Å². The van der Waals surface area contributed by atoms with Gasteiger partial charge in [0.25, 0.3) is 0 Å². The number of ether oxygens (including phenoxy) is 1. The minimum Gasteiger partial charge on any atom is -0.382 e. The fraction of sp³-hybridized carbons (Fsp3) is 0.786. The Labute approximate surface area is 125 Å². The summed E-state index contributed by atoms with van der Waals surface area (Å²) in [5.74, 6) is 0.0121. The van der Waals surface area contributed by atoms with Crippen LogP contribution >= 0.6 is 0 Å². The molecule has 1 aliphatic heterocycles. The van der Waals surface area contributed by atoms with Crippen LogP contribution in [0, 0.1) is 0 Å². The van der Waals surface area contributed by atoms with Crippen molar-refractivity contribution in [2.45, 2.75) is 44.8 Å². The normalized spacial score (nSPS) is 22.9. The van der Waals surface area contributed by atoms with Gasteiger partial charge in [-0.2, -0.15) is 0 Å². The topological polar surface area (TPSA) is 72.3 Å². The maximum Gasteiger partial charge on any atom is 0.242 e. The average Bonchev–Trinajstić information content (AvgIpc) is 3.07. The van der Waals surface area contributed by atoms with E-state index < -0.39 is 5.54 Å². The van der Waals surface area contributed by atoms with Crippen LogP contribution < -0.4 is 5.32 Å². The van der Waals surface area contributed by atoms with Gasteiger partial charge in [0, 0.05) is 26.7 Å². The number of likely N-dealkylation sites (tertiary alicyclic amines) is 1. The Balaban J connectivity index is 2.17. The molecule has 7 nitrogen and oxygen atoms in total. The van der Waals surface area contributed by atoms with Gasteiger partial charge >= 0.3 is 0 Å². The molecule has 2 rings (SSSR count). The Morgan fingerprint density at radius 2 is 2.33 bits per heavy atom. The molecule has 0 aromatic carbocycles. The summed E-state index contributed by atoms with van der Waals surface area (Å²) < 4.78 is 7.16. The number of amides is 1. The Morgan fingerprint density at radius 1 is 1.57 bits per heavy atom. The molecule has 1 fully saturated rings. The monoisotopic (exact) mass is 295 g/mol. The quantitative estimate of drug-likeness (QED) is 0.831. The molecule has 118 valence electrons. The van der Waals surface area contributed by atoms with Crippen LogP contribution in [0.5, 0.6) is 0 Å². The molecular weight excluding hydrogens is 270 g/mol. The van der Waals surface area contributed by atoms with Gasteiger partial charge in [0.1, 0.15) is 5.54 Å². The number of hydrogen-bond acceptors (Lipinski definition) is 5. The van der Waals surface area contributed by atoms with E-state index >= 15 is 0 Å². The summed E-state index contributed by atoms with van der Waals surface area (Å²) in [5.41, 5.74) is 0.292. The van der Waals surface area contributed by atoms with Crippen LogP contribution in [0.1, 0.15) is 38.4 Å². The summed E-state index contributed by atoms with van der Waals surface area (Å²) in [4.78, 5) is 14.5. The minimum absolute atomic E-state index is 0.0121. The maximum atomic E-state index is 12.4. The van der Waals surface area contributed by atoms with E-state index in [2.05, 4.69) is 34.4 Å². The maximum absolute atomic E-state index is 12.4. The van der Waals surface area contributed by atoms with Crippen LogP contribution in [-0.4, -0.2) is 58.6 Å². The Bertz CT molecular complexity index is 487. The van der Waals surface area contributed by atoms with Gasteiger partial charge in [0.05, 0.1) is 18.5 Å². The van der Waals surface area contributed by atoms with E-state index in [-0.39, 0.29) is 11.9 Å². The van der Waals surface area contributed by atoms with E-state index in [0.717, 1.165) is 25.1 Å². The highest BCUT2D eigenvalue weighted by atomic mass is 16.5. The first-order valence-electron chi connectivity index (χ1n) is 7.40. The SMILES string of the molecule is CNC(=O)C1(COC)CCCN1Cc1cn(C(C)C)nn1. The van der Waals surface area contributed by atoms with Crippen LogP contribution in [0.25, 0.3) is 0 Å². The number of likely N-dealkylation sites (N-methyl/N-ethyl adjacent to an activating group) is 1. The lowest BCUT2D eigenvalue weighted by Gasteiger charge is -2.35. The van der Waals surface area contributed by atoms with Crippen molar-refractivity contribution in [2.24, 2.45) is 0 Å². The van der Waals surface area contributed by atoms with Crippen molar-refractivity contribution in [1.82, 2.24) is 25.2 Å². The molecule has 1 amide bonds. The predicted molar refractivity (Wildman–Crippen MR) is 78.7 cm³/mol. The first-order valence-corrected chi connectivity index (χ1v) is 7.40. The zero-order chi connectivity index (χ0) is 15.5. The first-order chi connectivity index (χ1) is 10.0. The highest BCUT2D eigenvalue weighted by molar-refractivity contribution is 5.86. The molecule has 21 heavy (non-hydrogen) atoms. The zero-order valence-corrected chi connectivity index (χ0v) is 13.3. The molecule has 2 heterocycles. The standard InChI is InChI=1S/C14H25N5O2/c1-11(2)19-9-12(16-17-19)8-18-7-5-6-14(18,10-21-4)13(20)15-3/h9,11H,5-8,10H2,1-4H3,(H,15,20). The molecule has 1 saturated heterocycles. The predicted octanol–water partition coefficient (Wildman–Crippen LogP) is 0.586. The number of hydrogen-bond donors (Lipinski definition) is 1. The number of aromatic nitrogens is 3. The number of carbonyl (C=O) groups excluding carboxylic acids is 1. The molecule has 0 spiro atoms. The number of nitrogens with one attached hydrogen (secondary N) is 1. The van der Waals surface area contributed by atoms with Crippen LogP contribution in [0.2, 0.25) is 0 Å². The third kappa shape index (κ3) is 3.08. The Hall–Kier alpha value is -1.47. The van der Waals surface area contributed by atoms with Crippen molar-refractivity contribution in [2.75, 3.05) is 27.3 Å². The van der Waals surface area contributed by atoms with E-state index in [9.17, 15) is 4.79 Å². The number of methoxy groups -OCH3 is 1. The number of carbonyl (C=O) groups is 1. The van der Waals surface area contributed by atoms with Gasteiger partial charge in [-0.3, -0.25) is 9.69 Å². The van der Waals surface area contributed by atoms with Gasteiger partial charge < -0.3 is 10.1 Å². The highest BCUT2D eigenvalue weighted by Gasteiger charge is 2.47. The second-order valence-corrected chi connectivity index (χ2v) is 5.85. The second kappa shape index (κ2) is 6.53. The van der Waals surface area contributed by atoms with Gasteiger partial charge in [-0.1, -0.05) is 5.21 Å². The lowest BCUT2D eigenvalue weighted by atomic mass is 9.95. The second-order valence-electron chi connectivity index (χ2n) is 5.85. The van der Waals surface area contributed by atoms with Crippen molar-refractivity contribution in [1.29, 1.82) is 0 Å². The average molecular weight is 295 g/mol. The van der Waals surface area contributed by atoms with Gasteiger partial charge in [0.15, 0.2) is 0 Å². The van der Waals surface area contributed by atoms with Crippen molar-refractivity contribution in [3.05, 3.63) is 11.9 Å². The third-order valence-corrected chi connectivity index (χ3v) is 4.10. The summed E-state index contributed by atoms with van der Waals surface area (Å²) in [6.07, 6.45) is 3.73. The summed E-state index contributed by atoms with van der Waals surface area (Å²) in [5, 5.41) is 11.1. The van der Waals surface area contributed by atoms with Crippen molar-refractivity contribution in [3.63, 3.8) is 0 Å². The third-order valence-electron chi connectivity index (χ3n) is 4.10. The van der Waals surface area contributed by atoms with E-state index in [4.69, 9.17) is 4.74 Å². The fourth-order valence-corrected chi connectivity index (χ4v) is 2.96. The first kappa shape index (κ1) is 15.9. The van der Waals surface area contributed by atoms with Crippen LogP contribution in [0.3, 0.4) is 0 Å². The Kier molecular flexibility index (Phi) is 4.95. The van der Waals surface area contributed by atoms with E-state index in [1.165, 1.54) is 0 Å². The zero-order valence-electron chi connectivity index (χ0n) is 13.3. The van der Waals surface area contributed by atoms with Gasteiger partial charge in [0.2, 0.25) is 5.91 Å². The summed E-state index contributed by atoms with van der Waals surface area (Å²) >= 11 is 0. The molecule has 1 aliphatic rings. The molecule has 0 bridgehead atoms. The smallest absolute Gasteiger partial charge is 0.242 e. The van der Waals surface area contributed by atoms with Gasteiger partial charge in [-0.05, 0) is 33.2 Å². The van der Waals surface area contributed by atoms with Crippen LogP contribution in [0.4, 0.5) is 0 Å². The van der Waals surface area contributed by atoms with Gasteiger partial charge in [-0.25, -0.2) is 4.68 Å². The Morgan fingerprint density at radius 3 is 2.90 bits per heavy atom. The lowest BCUT2D eigenvalue weighted by molar-refractivity contribution is -0.135.